The van der Waals surface area contributed by atoms with Crippen molar-refractivity contribution in [1.82, 2.24) is 19.4 Å². The Labute approximate surface area is 184 Å². The zero-order valence-corrected chi connectivity index (χ0v) is 17.9. The van der Waals surface area contributed by atoms with Crippen LogP contribution in [0.1, 0.15) is 22.5 Å². The van der Waals surface area contributed by atoms with Crippen molar-refractivity contribution in [3.8, 4) is 22.8 Å². The number of halogens is 1. The topological polar surface area (TPSA) is 99.6 Å². The number of hydrogen-bond acceptors (Lipinski definition) is 7. The fourth-order valence-electron chi connectivity index (χ4n) is 4.06. The maximum atomic E-state index is 14.5. The molecule has 0 saturated carbocycles. The fraction of sp³-hybridized carbons (Fsp3) is 0.261. The number of hydrogen-bond donors (Lipinski definition) is 2. The molecule has 0 amide bonds. The molecule has 164 valence electrons. The van der Waals surface area contributed by atoms with Crippen molar-refractivity contribution in [3.63, 3.8) is 0 Å². The normalized spacial score (nSPS) is 12.6. The van der Waals surface area contributed by atoms with E-state index < -0.39 is 0 Å². The highest BCUT2D eigenvalue weighted by atomic mass is 19.1. The predicted molar refractivity (Wildman–Crippen MR) is 118 cm³/mol. The third-order valence-corrected chi connectivity index (χ3v) is 5.67. The van der Waals surface area contributed by atoms with E-state index in [9.17, 15) is 4.39 Å². The summed E-state index contributed by atoms with van der Waals surface area (Å²) in [5, 5.41) is 3.26. The Hall–Kier alpha value is -3.72. The van der Waals surface area contributed by atoms with Crippen LogP contribution in [0, 0.1) is 12.7 Å². The number of nitrogens with one attached hydrogen (secondary N) is 1. The summed E-state index contributed by atoms with van der Waals surface area (Å²) in [6, 6.07) is 6.86. The molecular formula is C23H23FN6O2. The van der Waals surface area contributed by atoms with E-state index in [4.69, 9.17) is 15.2 Å². The number of ether oxygens (including phenoxy) is 2. The molecule has 0 aliphatic carbocycles. The van der Waals surface area contributed by atoms with E-state index in [-0.39, 0.29) is 12.4 Å². The van der Waals surface area contributed by atoms with Crippen molar-refractivity contribution in [3.05, 3.63) is 65.0 Å². The van der Waals surface area contributed by atoms with Gasteiger partial charge in [-0.3, -0.25) is 4.40 Å². The Morgan fingerprint density at radius 1 is 1.22 bits per heavy atom. The van der Waals surface area contributed by atoms with Crippen LogP contribution < -0.4 is 20.5 Å². The molecule has 0 fully saturated rings. The molecule has 1 aliphatic heterocycles. The van der Waals surface area contributed by atoms with Crippen molar-refractivity contribution >= 4 is 11.6 Å². The third-order valence-electron chi connectivity index (χ3n) is 5.67. The van der Waals surface area contributed by atoms with E-state index in [1.165, 1.54) is 6.07 Å². The minimum absolute atomic E-state index is 0.261. The minimum Gasteiger partial charge on any atom is -0.493 e. The smallest absolute Gasteiger partial charge is 0.213 e. The van der Waals surface area contributed by atoms with Gasteiger partial charge in [-0.2, -0.15) is 0 Å². The van der Waals surface area contributed by atoms with Crippen molar-refractivity contribution in [2.75, 3.05) is 19.0 Å². The first-order valence-electron chi connectivity index (χ1n) is 10.3. The third kappa shape index (κ3) is 3.40. The summed E-state index contributed by atoms with van der Waals surface area (Å²) in [7, 11) is 1.58. The van der Waals surface area contributed by atoms with Crippen molar-refractivity contribution in [2.45, 2.75) is 26.4 Å². The number of aromatic nitrogens is 4. The van der Waals surface area contributed by atoms with Gasteiger partial charge in [0.05, 0.1) is 19.4 Å². The van der Waals surface area contributed by atoms with Gasteiger partial charge in [0.1, 0.15) is 17.2 Å². The SMILES string of the molecule is COc1ccc(-c2cnc(NCc3c(F)ccc4c3CCO4)n3cc(CN)nc23)c(C)n1. The predicted octanol–water partition coefficient (Wildman–Crippen LogP) is 3.25. The van der Waals surface area contributed by atoms with Gasteiger partial charge in [-0.25, -0.2) is 19.3 Å². The second-order valence-corrected chi connectivity index (χ2v) is 7.57. The molecule has 1 aliphatic rings. The molecule has 0 radical (unpaired) electrons. The monoisotopic (exact) mass is 434 g/mol. The molecule has 0 bridgehead atoms. The Morgan fingerprint density at radius 3 is 2.88 bits per heavy atom. The number of fused-ring (bicyclic) bond motifs is 2. The van der Waals surface area contributed by atoms with Crippen LogP contribution in [0.3, 0.4) is 0 Å². The molecular weight excluding hydrogens is 411 g/mol. The van der Waals surface area contributed by atoms with E-state index in [0.717, 1.165) is 33.8 Å². The molecule has 3 aromatic heterocycles. The molecule has 3 N–H and O–H groups in total. The summed E-state index contributed by atoms with van der Waals surface area (Å²) in [4.78, 5) is 13.8. The van der Waals surface area contributed by atoms with Crippen molar-refractivity contribution < 1.29 is 13.9 Å². The highest BCUT2D eigenvalue weighted by molar-refractivity contribution is 5.79. The second-order valence-electron chi connectivity index (χ2n) is 7.57. The van der Waals surface area contributed by atoms with Gasteiger partial charge in [-0.05, 0) is 25.1 Å². The van der Waals surface area contributed by atoms with Crippen LogP contribution in [-0.2, 0) is 19.5 Å². The number of nitrogens with zero attached hydrogens (tertiary/aromatic N) is 4. The highest BCUT2D eigenvalue weighted by Gasteiger charge is 2.20. The number of rotatable bonds is 6. The van der Waals surface area contributed by atoms with Crippen LogP contribution in [0.2, 0.25) is 0 Å². The molecule has 4 aromatic rings. The lowest BCUT2D eigenvalue weighted by Crippen LogP contribution is -2.10. The van der Waals surface area contributed by atoms with Gasteiger partial charge in [-0.15, -0.1) is 0 Å². The van der Waals surface area contributed by atoms with Gasteiger partial charge in [-0.1, -0.05) is 0 Å². The summed E-state index contributed by atoms with van der Waals surface area (Å²) >= 11 is 0. The van der Waals surface area contributed by atoms with Crippen LogP contribution in [-0.4, -0.2) is 33.1 Å². The Balaban J connectivity index is 1.54. The lowest BCUT2D eigenvalue weighted by molar-refractivity contribution is 0.356. The molecule has 5 rings (SSSR count). The second kappa shape index (κ2) is 8.08. The van der Waals surface area contributed by atoms with Crippen LogP contribution in [0.15, 0.2) is 36.7 Å². The van der Waals surface area contributed by atoms with Crippen molar-refractivity contribution in [2.24, 2.45) is 5.73 Å². The Morgan fingerprint density at radius 2 is 2.09 bits per heavy atom. The number of methoxy groups -OCH3 is 1. The Bertz CT molecular complexity index is 1320. The zero-order valence-electron chi connectivity index (χ0n) is 17.9. The molecule has 1 aromatic carbocycles. The van der Waals surface area contributed by atoms with E-state index in [0.29, 0.717) is 42.6 Å². The number of nitrogens with two attached hydrogens (primary N) is 1. The first kappa shape index (κ1) is 20.2. The maximum Gasteiger partial charge on any atom is 0.213 e. The molecule has 0 unspecified atom stereocenters. The van der Waals surface area contributed by atoms with Gasteiger partial charge in [0.2, 0.25) is 11.8 Å². The van der Waals surface area contributed by atoms with Crippen LogP contribution in [0.4, 0.5) is 10.3 Å². The highest BCUT2D eigenvalue weighted by Crippen LogP contribution is 2.32. The van der Waals surface area contributed by atoms with Crippen LogP contribution >= 0.6 is 0 Å². The average Bonchev–Trinajstić information content (AvgIpc) is 3.46. The molecule has 0 atom stereocenters. The van der Waals surface area contributed by atoms with Gasteiger partial charge >= 0.3 is 0 Å². The molecule has 0 saturated heterocycles. The molecule has 4 heterocycles. The van der Waals surface area contributed by atoms with Gasteiger partial charge in [0.25, 0.3) is 0 Å². The molecule has 8 nitrogen and oxygen atoms in total. The number of benzene rings is 1. The maximum absolute atomic E-state index is 14.5. The van der Waals surface area contributed by atoms with E-state index in [1.807, 2.05) is 23.6 Å². The quantitative estimate of drug-likeness (QED) is 0.481. The Kier molecular flexibility index (Phi) is 5.10. The summed E-state index contributed by atoms with van der Waals surface area (Å²) in [6.07, 6.45) is 4.28. The average molecular weight is 434 g/mol. The van der Waals surface area contributed by atoms with E-state index in [1.54, 1.807) is 25.4 Å². The number of aryl methyl sites for hydroxylation is 1. The fourth-order valence-corrected chi connectivity index (χ4v) is 4.06. The van der Waals surface area contributed by atoms with Gasteiger partial charge < -0.3 is 20.5 Å². The standard InChI is InChI=1S/C23H23FN6O2/c1-13-15(3-6-21(28-13)31-2)18-11-27-23(30-12-14(9-25)29-22(18)30)26-10-17-16-7-8-32-20(16)5-4-19(17)24/h3-6,11-12H,7-10,25H2,1-2H3,(H,26,27). The van der Waals surface area contributed by atoms with E-state index >= 15 is 0 Å². The van der Waals surface area contributed by atoms with Gasteiger partial charge in [0.15, 0.2) is 0 Å². The summed E-state index contributed by atoms with van der Waals surface area (Å²) in [5.41, 5.74) is 11.3. The van der Waals surface area contributed by atoms with Crippen LogP contribution in [0.5, 0.6) is 11.6 Å². The molecule has 9 heteroatoms. The van der Waals surface area contributed by atoms with Crippen molar-refractivity contribution in [1.29, 1.82) is 0 Å². The molecule has 0 spiro atoms. The first-order chi connectivity index (χ1) is 15.6. The van der Waals surface area contributed by atoms with E-state index in [2.05, 4.69) is 20.3 Å². The molecule has 32 heavy (non-hydrogen) atoms. The van der Waals surface area contributed by atoms with Gasteiger partial charge in [0, 0.05) is 65.9 Å². The first-order valence-corrected chi connectivity index (χ1v) is 10.3. The van der Waals surface area contributed by atoms with Crippen LogP contribution in [0.25, 0.3) is 16.8 Å². The summed E-state index contributed by atoms with van der Waals surface area (Å²) in [5.74, 6) is 1.57. The summed E-state index contributed by atoms with van der Waals surface area (Å²) < 4.78 is 27.2. The lowest BCUT2D eigenvalue weighted by Gasteiger charge is -2.13. The zero-order chi connectivity index (χ0) is 22.2. The number of pyridine rings is 1. The lowest BCUT2D eigenvalue weighted by atomic mass is 10.0. The number of anilines is 1. The minimum atomic E-state index is -0.261. The number of imidazole rings is 1. The summed E-state index contributed by atoms with van der Waals surface area (Å²) in [6.45, 7) is 3.05. The largest absolute Gasteiger partial charge is 0.493 e.